The summed E-state index contributed by atoms with van der Waals surface area (Å²) in [7, 11) is 3.31. The zero-order valence-corrected chi connectivity index (χ0v) is 15.5. The van der Waals surface area contributed by atoms with Gasteiger partial charge in [0.1, 0.15) is 11.5 Å². The maximum absolute atomic E-state index is 5.24. The second-order valence-corrected chi connectivity index (χ2v) is 7.13. The second kappa shape index (κ2) is 6.84. The SMILES string of the molecule is COc1ccc(C2=Nn3c(nnc3-c3ccc(OC)cc3)S[C@@H]2C)cc1. The van der Waals surface area contributed by atoms with Gasteiger partial charge < -0.3 is 9.47 Å². The molecule has 0 saturated carbocycles. The van der Waals surface area contributed by atoms with Gasteiger partial charge in [0.25, 0.3) is 0 Å². The number of methoxy groups -OCH3 is 2. The van der Waals surface area contributed by atoms with Crippen LogP contribution < -0.4 is 9.47 Å². The van der Waals surface area contributed by atoms with Gasteiger partial charge in [0.2, 0.25) is 5.16 Å². The smallest absolute Gasteiger partial charge is 0.213 e. The topological polar surface area (TPSA) is 61.5 Å². The summed E-state index contributed by atoms with van der Waals surface area (Å²) in [5, 5.41) is 14.5. The molecule has 3 aromatic rings. The number of ether oxygens (including phenoxy) is 2. The molecule has 0 fully saturated rings. The van der Waals surface area contributed by atoms with E-state index in [-0.39, 0.29) is 5.25 Å². The van der Waals surface area contributed by atoms with E-state index in [4.69, 9.17) is 14.6 Å². The third-order valence-corrected chi connectivity index (χ3v) is 5.26. The molecule has 4 rings (SSSR count). The second-order valence-electron chi connectivity index (χ2n) is 5.82. The van der Waals surface area contributed by atoms with Crippen LogP contribution in [0, 0.1) is 0 Å². The van der Waals surface area contributed by atoms with Gasteiger partial charge in [-0.2, -0.15) is 9.78 Å². The van der Waals surface area contributed by atoms with Gasteiger partial charge in [0, 0.05) is 5.56 Å². The maximum Gasteiger partial charge on any atom is 0.213 e. The van der Waals surface area contributed by atoms with Crippen LogP contribution in [-0.2, 0) is 0 Å². The van der Waals surface area contributed by atoms with Crippen molar-refractivity contribution >= 4 is 17.5 Å². The van der Waals surface area contributed by atoms with Crippen LogP contribution >= 0.6 is 11.8 Å². The van der Waals surface area contributed by atoms with Crippen molar-refractivity contribution in [3.05, 3.63) is 54.1 Å². The lowest BCUT2D eigenvalue weighted by Gasteiger charge is -2.20. The van der Waals surface area contributed by atoms with Crippen molar-refractivity contribution in [1.82, 2.24) is 14.9 Å². The van der Waals surface area contributed by atoms with E-state index in [0.29, 0.717) is 5.82 Å². The molecule has 0 saturated heterocycles. The minimum Gasteiger partial charge on any atom is -0.497 e. The molecular weight excluding hydrogens is 348 g/mol. The number of aromatic nitrogens is 3. The van der Waals surface area contributed by atoms with Crippen LogP contribution in [-0.4, -0.2) is 40.1 Å². The molecule has 132 valence electrons. The first-order chi connectivity index (χ1) is 12.7. The predicted molar refractivity (Wildman–Crippen MR) is 102 cm³/mol. The molecule has 6 nitrogen and oxygen atoms in total. The van der Waals surface area contributed by atoms with Gasteiger partial charge in [-0.1, -0.05) is 11.8 Å². The highest BCUT2D eigenvalue weighted by Crippen LogP contribution is 2.33. The molecule has 0 N–H and O–H groups in total. The standard InChI is InChI=1S/C19H18N4O2S/c1-12-17(13-4-8-15(24-2)9-5-13)22-23-18(20-21-19(23)26-12)14-6-10-16(25-3)11-7-14/h4-12H,1-3H3/t12-/m1/s1. The Balaban J connectivity index is 1.75. The quantitative estimate of drug-likeness (QED) is 0.704. The Kier molecular flexibility index (Phi) is 4.38. The van der Waals surface area contributed by atoms with Gasteiger partial charge in [0.15, 0.2) is 5.82 Å². The van der Waals surface area contributed by atoms with Crippen molar-refractivity contribution < 1.29 is 9.47 Å². The van der Waals surface area contributed by atoms with Gasteiger partial charge in [-0.25, -0.2) is 0 Å². The first-order valence-corrected chi connectivity index (χ1v) is 9.07. The molecule has 1 aliphatic heterocycles. The zero-order valence-electron chi connectivity index (χ0n) is 14.7. The van der Waals surface area contributed by atoms with E-state index in [0.717, 1.165) is 33.5 Å². The molecule has 0 bridgehead atoms. The predicted octanol–water partition coefficient (Wildman–Crippen LogP) is 3.71. The molecule has 0 spiro atoms. The Labute approximate surface area is 155 Å². The summed E-state index contributed by atoms with van der Waals surface area (Å²) in [4.78, 5) is 0. The van der Waals surface area contributed by atoms with Gasteiger partial charge in [-0.15, -0.1) is 10.2 Å². The average Bonchev–Trinajstić information content (AvgIpc) is 3.10. The largest absolute Gasteiger partial charge is 0.497 e. The Morgan fingerprint density at radius 3 is 2.00 bits per heavy atom. The van der Waals surface area contributed by atoms with Crippen LogP contribution in [0.2, 0.25) is 0 Å². The normalized spacial score (nSPS) is 16.0. The third-order valence-electron chi connectivity index (χ3n) is 4.22. The van der Waals surface area contributed by atoms with Crippen molar-refractivity contribution in [2.45, 2.75) is 17.3 Å². The highest BCUT2D eigenvalue weighted by Gasteiger charge is 2.26. The molecule has 1 aliphatic rings. The summed E-state index contributed by atoms with van der Waals surface area (Å²) in [5.41, 5.74) is 2.99. The molecule has 0 unspecified atom stereocenters. The number of fused-ring (bicyclic) bond motifs is 1. The molecule has 2 aromatic carbocycles. The van der Waals surface area contributed by atoms with Crippen LogP contribution in [0.5, 0.6) is 11.5 Å². The fraction of sp³-hybridized carbons (Fsp3) is 0.211. The number of rotatable bonds is 4. The highest BCUT2D eigenvalue weighted by molar-refractivity contribution is 8.00. The first kappa shape index (κ1) is 16.7. The summed E-state index contributed by atoms with van der Waals surface area (Å²) in [5.74, 6) is 2.35. The summed E-state index contributed by atoms with van der Waals surface area (Å²) in [6, 6.07) is 15.7. The van der Waals surface area contributed by atoms with E-state index in [2.05, 4.69) is 17.1 Å². The lowest BCUT2D eigenvalue weighted by molar-refractivity contribution is 0.414. The van der Waals surface area contributed by atoms with Crippen molar-refractivity contribution in [2.24, 2.45) is 5.10 Å². The van der Waals surface area contributed by atoms with Crippen molar-refractivity contribution in [2.75, 3.05) is 14.2 Å². The van der Waals surface area contributed by atoms with E-state index in [1.165, 1.54) is 0 Å². The molecule has 0 radical (unpaired) electrons. The monoisotopic (exact) mass is 366 g/mol. The van der Waals surface area contributed by atoms with E-state index in [1.807, 2.05) is 53.2 Å². The minimum atomic E-state index is 0.184. The minimum absolute atomic E-state index is 0.184. The van der Waals surface area contributed by atoms with Gasteiger partial charge >= 0.3 is 0 Å². The first-order valence-electron chi connectivity index (χ1n) is 8.19. The molecule has 1 atom stereocenters. The number of nitrogens with zero attached hydrogens (tertiary/aromatic N) is 4. The zero-order chi connectivity index (χ0) is 18.1. The third kappa shape index (κ3) is 2.94. The van der Waals surface area contributed by atoms with E-state index < -0.39 is 0 Å². The van der Waals surface area contributed by atoms with E-state index in [1.54, 1.807) is 26.0 Å². The molecule has 0 aliphatic carbocycles. The van der Waals surface area contributed by atoms with Crippen molar-refractivity contribution in [3.63, 3.8) is 0 Å². The summed E-state index contributed by atoms with van der Waals surface area (Å²) < 4.78 is 12.3. The van der Waals surface area contributed by atoms with Crippen molar-refractivity contribution in [3.8, 4) is 22.9 Å². The summed E-state index contributed by atoms with van der Waals surface area (Å²) in [6.45, 7) is 2.12. The van der Waals surface area contributed by atoms with E-state index in [9.17, 15) is 0 Å². The molecule has 2 heterocycles. The van der Waals surface area contributed by atoms with Crippen LogP contribution in [0.1, 0.15) is 12.5 Å². The highest BCUT2D eigenvalue weighted by atomic mass is 32.2. The fourth-order valence-electron chi connectivity index (χ4n) is 2.81. The molecule has 0 amide bonds. The molecular formula is C19H18N4O2S. The Morgan fingerprint density at radius 2 is 1.42 bits per heavy atom. The lowest BCUT2D eigenvalue weighted by Crippen LogP contribution is -2.21. The van der Waals surface area contributed by atoms with Crippen LogP contribution in [0.4, 0.5) is 0 Å². The van der Waals surface area contributed by atoms with E-state index >= 15 is 0 Å². The fourth-order valence-corrected chi connectivity index (χ4v) is 3.73. The molecule has 7 heteroatoms. The summed E-state index contributed by atoms with van der Waals surface area (Å²) in [6.07, 6.45) is 0. The Bertz CT molecular complexity index is 949. The lowest BCUT2D eigenvalue weighted by atomic mass is 10.1. The molecule has 1 aromatic heterocycles. The Hall–Kier alpha value is -2.80. The van der Waals surface area contributed by atoms with Crippen LogP contribution in [0.3, 0.4) is 0 Å². The average molecular weight is 366 g/mol. The number of benzene rings is 2. The number of hydrogen-bond acceptors (Lipinski definition) is 6. The number of hydrogen-bond donors (Lipinski definition) is 0. The maximum atomic E-state index is 5.24. The van der Waals surface area contributed by atoms with Gasteiger partial charge in [-0.3, -0.25) is 0 Å². The van der Waals surface area contributed by atoms with Gasteiger partial charge in [0.05, 0.1) is 25.2 Å². The van der Waals surface area contributed by atoms with Crippen LogP contribution in [0.25, 0.3) is 11.4 Å². The number of thioether (sulfide) groups is 1. The van der Waals surface area contributed by atoms with Crippen molar-refractivity contribution in [1.29, 1.82) is 0 Å². The summed E-state index contributed by atoms with van der Waals surface area (Å²) >= 11 is 1.65. The molecule has 26 heavy (non-hydrogen) atoms. The van der Waals surface area contributed by atoms with Crippen LogP contribution in [0.15, 0.2) is 58.8 Å². The van der Waals surface area contributed by atoms with Gasteiger partial charge in [-0.05, 0) is 61.0 Å². The Morgan fingerprint density at radius 1 is 0.846 bits per heavy atom.